The van der Waals surface area contributed by atoms with Crippen molar-refractivity contribution < 1.29 is 9.90 Å². The number of carbonyl (C=O) groups is 1. The molecule has 0 amide bonds. The van der Waals surface area contributed by atoms with Gasteiger partial charge in [-0.1, -0.05) is 38.1 Å². The number of hydrogen-bond acceptors (Lipinski definition) is 3. The molecular weight excluding hydrogens is 250 g/mol. The van der Waals surface area contributed by atoms with Gasteiger partial charge in [0.15, 0.2) is 5.78 Å². The summed E-state index contributed by atoms with van der Waals surface area (Å²) in [5, 5.41) is 13.8. The predicted molar refractivity (Wildman–Crippen MR) is 78.6 cm³/mol. The first-order valence-electron chi connectivity index (χ1n) is 7.24. The summed E-state index contributed by atoms with van der Waals surface area (Å²) in [6, 6.07) is 8.04. The van der Waals surface area contributed by atoms with Crippen molar-refractivity contribution in [3.05, 3.63) is 46.7 Å². The molecule has 0 saturated carbocycles. The van der Waals surface area contributed by atoms with Crippen LogP contribution in [0, 0.1) is 5.41 Å². The Hall–Kier alpha value is -1.61. The number of Topliss-reactive ketones (excluding diaryl/α,β-unsaturated/α-hetero) is 1. The lowest BCUT2D eigenvalue weighted by molar-refractivity contribution is -0.119. The number of fused-ring (bicyclic) bond motifs is 1. The Morgan fingerprint density at radius 2 is 2.00 bits per heavy atom. The van der Waals surface area contributed by atoms with E-state index in [1.807, 2.05) is 26.0 Å². The van der Waals surface area contributed by atoms with E-state index in [9.17, 15) is 9.90 Å². The van der Waals surface area contributed by atoms with Crippen LogP contribution in [-0.2, 0) is 11.2 Å². The third kappa shape index (κ3) is 2.27. The van der Waals surface area contributed by atoms with Gasteiger partial charge in [0.25, 0.3) is 0 Å². The van der Waals surface area contributed by atoms with Gasteiger partial charge in [-0.2, -0.15) is 0 Å². The Bertz CT molecular complexity index is 586. The SMILES string of the molecule is CC1(C)CC(=O)C([C@@H]2NCCc3ccccc32)=C(O)C1. The number of ketones is 1. The summed E-state index contributed by atoms with van der Waals surface area (Å²) in [4.78, 5) is 12.5. The van der Waals surface area contributed by atoms with E-state index in [0.29, 0.717) is 18.4 Å². The lowest BCUT2D eigenvalue weighted by Crippen LogP contribution is -2.37. The third-order valence-electron chi connectivity index (χ3n) is 4.29. The maximum atomic E-state index is 12.5. The molecule has 0 radical (unpaired) electrons. The lowest BCUT2D eigenvalue weighted by Gasteiger charge is -2.35. The Morgan fingerprint density at radius 3 is 2.75 bits per heavy atom. The quantitative estimate of drug-likeness (QED) is 0.825. The molecule has 1 aromatic carbocycles. The maximum absolute atomic E-state index is 12.5. The van der Waals surface area contributed by atoms with Gasteiger partial charge in [0.2, 0.25) is 0 Å². The molecule has 0 saturated heterocycles. The zero-order valence-corrected chi connectivity index (χ0v) is 12.1. The number of benzene rings is 1. The molecule has 1 aliphatic carbocycles. The van der Waals surface area contributed by atoms with Crippen LogP contribution in [0.15, 0.2) is 35.6 Å². The minimum absolute atomic E-state index is 0.0768. The van der Waals surface area contributed by atoms with Gasteiger partial charge in [0.1, 0.15) is 5.76 Å². The molecule has 2 N–H and O–H groups in total. The normalized spacial score (nSPS) is 25.5. The first-order valence-corrected chi connectivity index (χ1v) is 7.24. The molecule has 2 aliphatic rings. The summed E-state index contributed by atoms with van der Waals surface area (Å²) < 4.78 is 0. The average Bonchev–Trinajstić information content (AvgIpc) is 2.36. The van der Waals surface area contributed by atoms with Gasteiger partial charge >= 0.3 is 0 Å². The van der Waals surface area contributed by atoms with E-state index in [2.05, 4.69) is 17.4 Å². The fraction of sp³-hybridized carbons (Fsp3) is 0.471. The molecule has 1 aliphatic heterocycles. The zero-order valence-electron chi connectivity index (χ0n) is 12.1. The van der Waals surface area contributed by atoms with Gasteiger partial charge in [-0.15, -0.1) is 0 Å². The molecule has 106 valence electrons. The number of allylic oxidation sites excluding steroid dienone is 1. The Kier molecular flexibility index (Phi) is 3.17. The molecule has 0 fully saturated rings. The van der Waals surface area contributed by atoms with Crippen LogP contribution in [0.1, 0.15) is 43.9 Å². The maximum Gasteiger partial charge on any atom is 0.164 e. The Morgan fingerprint density at radius 1 is 1.25 bits per heavy atom. The summed E-state index contributed by atoms with van der Waals surface area (Å²) in [6.07, 6.45) is 2.06. The molecule has 0 unspecified atom stereocenters. The van der Waals surface area contributed by atoms with Crippen molar-refractivity contribution in [3.8, 4) is 0 Å². The number of aliphatic hydroxyl groups is 1. The average molecular weight is 271 g/mol. The van der Waals surface area contributed by atoms with Gasteiger partial charge in [0.05, 0.1) is 11.6 Å². The molecule has 3 rings (SSSR count). The van der Waals surface area contributed by atoms with Crippen molar-refractivity contribution in [1.29, 1.82) is 0 Å². The van der Waals surface area contributed by atoms with Crippen LogP contribution in [-0.4, -0.2) is 17.4 Å². The fourth-order valence-electron chi connectivity index (χ4n) is 3.39. The van der Waals surface area contributed by atoms with Crippen molar-refractivity contribution in [2.75, 3.05) is 6.54 Å². The van der Waals surface area contributed by atoms with E-state index in [0.717, 1.165) is 18.5 Å². The van der Waals surface area contributed by atoms with Crippen LogP contribution in [0.25, 0.3) is 0 Å². The van der Waals surface area contributed by atoms with Crippen LogP contribution in [0.3, 0.4) is 0 Å². The largest absolute Gasteiger partial charge is 0.512 e. The first kappa shape index (κ1) is 13.4. The highest BCUT2D eigenvalue weighted by molar-refractivity contribution is 5.98. The van der Waals surface area contributed by atoms with Crippen molar-refractivity contribution in [2.24, 2.45) is 5.41 Å². The minimum Gasteiger partial charge on any atom is -0.512 e. The van der Waals surface area contributed by atoms with E-state index in [1.54, 1.807) is 0 Å². The molecule has 1 atom stereocenters. The topological polar surface area (TPSA) is 49.3 Å². The van der Waals surface area contributed by atoms with Crippen LogP contribution < -0.4 is 5.32 Å². The van der Waals surface area contributed by atoms with Crippen molar-refractivity contribution in [2.45, 2.75) is 39.2 Å². The van der Waals surface area contributed by atoms with E-state index in [-0.39, 0.29) is 23.0 Å². The summed E-state index contributed by atoms with van der Waals surface area (Å²) >= 11 is 0. The van der Waals surface area contributed by atoms with E-state index < -0.39 is 0 Å². The van der Waals surface area contributed by atoms with Crippen molar-refractivity contribution >= 4 is 5.78 Å². The third-order valence-corrected chi connectivity index (χ3v) is 4.29. The fourth-order valence-corrected chi connectivity index (χ4v) is 3.39. The molecule has 0 bridgehead atoms. The van der Waals surface area contributed by atoms with Gasteiger partial charge in [-0.05, 0) is 23.0 Å². The standard InChI is InChI=1S/C17H21NO2/c1-17(2)9-13(19)15(14(20)10-17)16-12-6-4-3-5-11(12)7-8-18-16/h3-6,16,18-19H,7-10H2,1-2H3/t16-/m1/s1. The summed E-state index contributed by atoms with van der Waals surface area (Å²) in [5.74, 6) is 0.341. The Balaban J connectivity index is 2.04. The first-order chi connectivity index (χ1) is 9.48. The van der Waals surface area contributed by atoms with E-state index in [4.69, 9.17) is 0 Å². The zero-order chi connectivity index (χ0) is 14.3. The predicted octanol–water partition coefficient (Wildman–Crippen LogP) is 3.07. The highest BCUT2D eigenvalue weighted by Crippen LogP contribution is 2.41. The Labute approximate surface area is 119 Å². The van der Waals surface area contributed by atoms with Crippen molar-refractivity contribution in [3.63, 3.8) is 0 Å². The van der Waals surface area contributed by atoms with Gasteiger partial charge in [-0.3, -0.25) is 4.79 Å². The van der Waals surface area contributed by atoms with Crippen molar-refractivity contribution in [1.82, 2.24) is 5.32 Å². The molecule has 3 heteroatoms. The number of aliphatic hydroxyl groups excluding tert-OH is 1. The van der Waals surface area contributed by atoms with Crippen LogP contribution >= 0.6 is 0 Å². The van der Waals surface area contributed by atoms with E-state index >= 15 is 0 Å². The van der Waals surface area contributed by atoms with Gasteiger partial charge in [0, 0.05) is 19.4 Å². The van der Waals surface area contributed by atoms with Crippen LogP contribution in [0.2, 0.25) is 0 Å². The minimum atomic E-state index is -0.149. The molecule has 1 heterocycles. The highest BCUT2D eigenvalue weighted by atomic mass is 16.3. The van der Waals surface area contributed by atoms with Gasteiger partial charge < -0.3 is 10.4 Å². The second kappa shape index (κ2) is 4.74. The lowest BCUT2D eigenvalue weighted by atomic mass is 9.73. The number of rotatable bonds is 1. The van der Waals surface area contributed by atoms with Crippen LogP contribution in [0.4, 0.5) is 0 Å². The summed E-state index contributed by atoms with van der Waals surface area (Å²) in [6.45, 7) is 4.90. The molecular formula is C17H21NO2. The summed E-state index contributed by atoms with van der Waals surface area (Å²) in [7, 11) is 0. The molecule has 1 aromatic rings. The smallest absolute Gasteiger partial charge is 0.164 e. The summed E-state index contributed by atoms with van der Waals surface area (Å²) in [5.41, 5.74) is 2.85. The van der Waals surface area contributed by atoms with Gasteiger partial charge in [-0.25, -0.2) is 0 Å². The monoisotopic (exact) mass is 271 g/mol. The second-order valence-electron chi connectivity index (χ2n) is 6.64. The molecule has 0 aromatic heterocycles. The molecule has 3 nitrogen and oxygen atoms in total. The van der Waals surface area contributed by atoms with Crippen LogP contribution in [0.5, 0.6) is 0 Å². The molecule has 20 heavy (non-hydrogen) atoms. The molecule has 0 spiro atoms. The number of nitrogens with one attached hydrogen (secondary N) is 1. The second-order valence-corrected chi connectivity index (χ2v) is 6.64. The number of hydrogen-bond donors (Lipinski definition) is 2. The highest BCUT2D eigenvalue weighted by Gasteiger charge is 2.37. The number of carbonyl (C=O) groups excluding carboxylic acids is 1. The van der Waals surface area contributed by atoms with E-state index in [1.165, 1.54) is 5.56 Å².